The van der Waals surface area contributed by atoms with Crippen LogP contribution in [-0.4, -0.2) is 66.4 Å². The monoisotopic (exact) mass is 400 g/mol. The zero-order valence-electron chi connectivity index (χ0n) is 17.4. The van der Waals surface area contributed by atoms with Crippen molar-refractivity contribution in [1.29, 1.82) is 0 Å². The maximum atomic E-state index is 12.1. The Morgan fingerprint density at radius 1 is 1.24 bits per heavy atom. The van der Waals surface area contributed by atoms with E-state index >= 15 is 0 Å². The molecule has 1 aliphatic rings. The normalized spacial score (nSPS) is 15.1. The summed E-state index contributed by atoms with van der Waals surface area (Å²) in [6, 6.07) is 3.53. The molecule has 2 aromatic rings. The SMILES string of the molecule is COc1ccc2c(O)coc2c1C#CCCN1CCN(C(=O)OC(C)(C)C)CC1. The first-order chi connectivity index (χ1) is 13.8. The van der Waals surface area contributed by atoms with Crippen LogP contribution in [-0.2, 0) is 4.74 Å². The molecular formula is C22H28N2O5. The number of carbonyl (C=O) groups excluding carboxylic acids is 1. The Kier molecular flexibility index (Phi) is 6.23. The fraction of sp³-hybridized carbons (Fsp3) is 0.500. The molecule has 1 amide bonds. The predicted molar refractivity (Wildman–Crippen MR) is 110 cm³/mol. The number of ether oxygens (including phenoxy) is 2. The molecule has 0 spiro atoms. The van der Waals surface area contributed by atoms with Crippen molar-refractivity contribution in [3.8, 4) is 23.3 Å². The minimum absolute atomic E-state index is 0.0913. The molecule has 156 valence electrons. The van der Waals surface area contributed by atoms with Gasteiger partial charge < -0.3 is 23.9 Å². The van der Waals surface area contributed by atoms with Gasteiger partial charge in [0.1, 0.15) is 23.2 Å². The van der Waals surface area contributed by atoms with E-state index in [1.165, 1.54) is 6.26 Å². The van der Waals surface area contributed by atoms with Gasteiger partial charge in [-0.2, -0.15) is 0 Å². The summed E-state index contributed by atoms with van der Waals surface area (Å²) >= 11 is 0. The maximum absolute atomic E-state index is 12.1. The van der Waals surface area contributed by atoms with Gasteiger partial charge in [-0.1, -0.05) is 11.8 Å². The highest BCUT2D eigenvalue weighted by Gasteiger charge is 2.25. The van der Waals surface area contributed by atoms with Crippen LogP contribution in [0.3, 0.4) is 0 Å². The smallest absolute Gasteiger partial charge is 0.410 e. The van der Waals surface area contributed by atoms with Gasteiger partial charge in [-0.25, -0.2) is 4.79 Å². The lowest BCUT2D eigenvalue weighted by Crippen LogP contribution is -2.50. The first kappa shape index (κ1) is 20.9. The Morgan fingerprint density at radius 3 is 2.62 bits per heavy atom. The summed E-state index contributed by atoms with van der Waals surface area (Å²) in [5.74, 6) is 7.00. The van der Waals surface area contributed by atoms with Gasteiger partial charge in [-0.3, -0.25) is 4.90 Å². The van der Waals surface area contributed by atoms with E-state index in [1.807, 2.05) is 20.8 Å². The number of hydrogen-bond acceptors (Lipinski definition) is 6. The molecule has 1 aliphatic heterocycles. The van der Waals surface area contributed by atoms with Crippen LogP contribution in [0.5, 0.6) is 11.5 Å². The minimum Gasteiger partial charge on any atom is -0.504 e. The summed E-state index contributed by atoms with van der Waals surface area (Å²) in [5.41, 5.74) is 0.693. The quantitative estimate of drug-likeness (QED) is 0.796. The third-order valence-electron chi connectivity index (χ3n) is 4.69. The van der Waals surface area contributed by atoms with E-state index in [0.29, 0.717) is 41.8 Å². The Labute approximate surface area is 171 Å². The van der Waals surface area contributed by atoms with Crippen LogP contribution in [0.4, 0.5) is 4.79 Å². The zero-order chi connectivity index (χ0) is 21.0. The highest BCUT2D eigenvalue weighted by molar-refractivity contribution is 5.90. The molecule has 0 aliphatic carbocycles. The standard InChI is InChI=1S/C22H28N2O5/c1-22(2,3)29-21(26)24-13-11-23(12-14-24)10-6-5-7-17-19(27-4)9-8-16-18(25)15-28-20(16)17/h8-9,15,25H,6,10-14H2,1-4H3. The number of hydrogen-bond donors (Lipinski definition) is 1. The van der Waals surface area contributed by atoms with E-state index < -0.39 is 5.60 Å². The Morgan fingerprint density at radius 2 is 1.97 bits per heavy atom. The molecule has 7 heteroatoms. The van der Waals surface area contributed by atoms with Crippen LogP contribution < -0.4 is 4.74 Å². The molecule has 2 heterocycles. The van der Waals surface area contributed by atoms with E-state index in [0.717, 1.165) is 19.6 Å². The van der Waals surface area contributed by atoms with E-state index in [9.17, 15) is 9.90 Å². The van der Waals surface area contributed by atoms with Crippen molar-refractivity contribution in [3.05, 3.63) is 24.0 Å². The lowest BCUT2D eigenvalue weighted by molar-refractivity contribution is 0.0147. The summed E-state index contributed by atoms with van der Waals surface area (Å²) < 4.78 is 16.2. The molecule has 29 heavy (non-hydrogen) atoms. The molecule has 0 unspecified atom stereocenters. The van der Waals surface area contributed by atoms with Gasteiger partial charge >= 0.3 is 6.09 Å². The number of fused-ring (bicyclic) bond motifs is 1. The number of aromatic hydroxyl groups is 1. The third-order valence-corrected chi connectivity index (χ3v) is 4.69. The number of furan rings is 1. The van der Waals surface area contributed by atoms with Gasteiger partial charge in [0.2, 0.25) is 0 Å². The largest absolute Gasteiger partial charge is 0.504 e. The molecule has 0 radical (unpaired) electrons. The molecule has 7 nitrogen and oxygen atoms in total. The van der Waals surface area contributed by atoms with E-state index in [1.54, 1.807) is 24.1 Å². The fourth-order valence-corrected chi connectivity index (χ4v) is 3.20. The summed E-state index contributed by atoms with van der Waals surface area (Å²) in [7, 11) is 1.58. The number of rotatable bonds is 3. The first-order valence-corrected chi connectivity index (χ1v) is 9.75. The molecule has 1 aromatic heterocycles. The minimum atomic E-state index is -0.474. The zero-order valence-corrected chi connectivity index (χ0v) is 17.4. The van der Waals surface area contributed by atoms with Crippen LogP contribution in [0.1, 0.15) is 32.8 Å². The van der Waals surface area contributed by atoms with Crippen LogP contribution in [0.15, 0.2) is 22.8 Å². The van der Waals surface area contributed by atoms with Gasteiger partial charge in [-0.05, 0) is 32.9 Å². The average molecular weight is 400 g/mol. The number of nitrogens with zero attached hydrogens (tertiary/aromatic N) is 2. The van der Waals surface area contributed by atoms with Gasteiger partial charge in [0.05, 0.1) is 12.5 Å². The molecule has 0 bridgehead atoms. The Hall–Kier alpha value is -2.85. The molecule has 1 saturated heterocycles. The van der Waals surface area contributed by atoms with E-state index in [2.05, 4.69) is 16.7 Å². The van der Waals surface area contributed by atoms with Gasteiger partial charge in [-0.15, -0.1) is 0 Å². The van der Waals surface area contributed by atoms with Gasteiger partial charge in [0.25, 0.3) is 0 Å². The molecule has 1 fully saturated rings. The van der Waals surface area contributed by atoms with Crippen LogP contribution in [0, 0.1) is 11.8 Å². The number of piperazine rings is 1. The summed E-state index contributed by atoms with van der Waals surface area (Å²) in [6.45, 7) is 9.34. The summed E-state index contributed by atoms with van der Waals surface area (Å²) in [6.07, 6.45) is 1.73. The molecule has 0 atom stereocenters. The van der Waals surface area contributed by atoms with Crippen molar-refractivity contribution in [1.82, 2.24) is 9.80 Å². The van der Waals surface area contributed by atoms with Crippen molar-refractivity contribution in [2.24, 2.45) is 0 Å². The van der Waals surface area contributed by atoms with Gasteiger partial charge in [0, 0.05) is 39.1 Å². The number of methoxy groups -OCH3 is 1. The molecule has 1 N–H and O–H groups in total. The highest BCUT2D eigenvalue weighted by Crippen LogP contribution is 2.33. The Bertz CT molecular complexity index is 924. The second-order valence-electron chi connectivity index (χ2n) is 8.00. The van der Waals surface area contributed by atoms with Crippen LogP contribution in [0.2, 0.25) is 0 Å². The molecule has 1 aromatic carbocycles. The van der Waals surface area contributed by atoms with Crippen molar-refractivity contribution in [2.45, 2.75) is 32.8 Å². The first-order valence-electron chi connectivity index (χ1n) is 9.75. The van der Waals surface area contributed by atoms with Crippen molar-refractivity contribution in [2.75, 3.05) is 39.8 Å². The second-order valence-corrected chi connectivity index (χ2v) is 8.00. The van der Waals surface area contributed by atoms with Crippen molar-refractivity contribution in [3.63, 3.8) is 0 Å². The van der Waals surface area contributed by atoms with Crippen molar-refractivity contribution < 1.29 is 23.8 Å². The third kappa shape index (κ3) is 5.15. The predicted octanol–water partition coefficient (Wildman–Crippen LogP) is 3.44. The number of benzene rings is 1. The van der Waals surface area contributed by atoms with Crippen molar-refractivity contribution >= 4 is 17.1 Å². The topological polar surface area (TPSA) is 75.4 Å². The fourth-order valence-electron chi connectivity index (χ4n) is 3.20. The lowest BCUT2D eigenvalue weighted by Gasteiger charge is -2.35. The lowest BCUT2D eigenvalue weighted by atomic mass is 10.1. The van der Waals surface area contributed by atoms with Gasteiger partial charge in [0.15, 0.2) is 11.3 Å². The molecular weight excluding hydrogens is 372 g/mol. The highest BCUT2D eigenvalue weighted by atomic mass is 16.6. The summed E-state index contributed by atoms with van der Waals surface area (Å²) in [4.78, 5) is 16.2. The van der Waals surface area contributed by atoms with Crippen LogP contribution in [0.25, 0.3) is 11.0 Å². The molecule has 3 rings (SSSR count). The maximum Gasteiger partial charge on any atom is 0.410 e. The second kappa shape index (κ2) is 8.66. The Balaban J connectivity index is 1.54. The number of amides is 1. The van der Waals surface area contributed by atoms with Crippen LogP contribution >= 0.6 is 0 Å². The summed E-state index contributed by atoms with van der Waals surface area (Å²) in [5, 5.41) is 10.5. The molecule has 0 saturated carbocycles. The van der Waals surface area contributed by atoms with E-state index in [-0.39, 0.29) is 11.8 Å². The average Bonchev–Trinajstić information content (AvgIpc) is 3.05. The van der Waals surface area contributed by atoms with E-state index in [4.69, 9.17) is 13.9 Å². The number of carbonyl (C=O) groups is 1.